The molecule has 118 valence electrons. The van der Waals surface area contributed by atoms with Gasteiger partial charge in [0.2, 0.25) is 0 Å². The Morgan fingerprint density at radius 1 is 1.41 bits per heavy atom. The topological polar surface area (TPSA) is 64.9 Å². The van der Waals surface area contributed by atoms with E-state index in [0.717, 1.165) is 30.0 Å². The lowest BCUT2D eigenvalue weighted by atomic mass is 10.2. The van der Waals surface area contributed by atoms with E-state index in [1.54, 1.807) is 30.1 Å². The fourth-order valence-corrected chi connectivity index (χ4v) is 3.07. The molecule has 0 saturated heterocycles. The Morgan fingerprint density at radius 3 is 3.00 bits per heavy atom. The highest BCUT2D eigenvalue weighted by Gasteiger charge is 2.17. The van der Waals surface area contributed by atoms with Gasteiger partial charge in [-0.3, -0.25) is 4.99 Å². The Kier molecular flexibility index (Phi) is 6.27. The highest BCUT2D eigenvalue weighted by atomic mass is 32.2. The largest absolute Gasteiger partial charge is 0.504 e. The quantitative estimate of drug-likeness (QED) is 0.322. The van der Waals surface area contributed by atoms with Gasteiger partial charge in [-0.05, 0) is 43.2 Å². The van der Waals surface area contributed by atoms with Crippen LogP contribution in [-0.2, 0) is 0 Å². The molecule has 0 unspecified atom stereocenters. The smallest absolute Gasteiger partial charge is 0.166 e. The number of phenolic OH excluding ortho intramolecular Hbond substituents is 2. The van der Waals surface area contributed by atoms with Gasteiger partial charge in [0, 0.05) is 24.0 Å². The second-order valence-corrected chi connectivity index (χ2v) is 6.46. The van der Waals surface area contributed by atoms with E-state index >= 15 is 0 Å². The molecule has 0 aliphatic heterocycles. The van der Waals surface area contributed by atoms with Crippen molar-refractivity contribution < 1.29 is 10.2 Å². The van der Waals surface area contributed by atoms with Crippen molar-refractivity contribution in [2.24, 2.45) is 4.99 Å². The molecule has 3 N–H and O–H groups in total. The number of nitrogens with one attached hydrogen (secondary N) is 1. The number of allylic oxidation sites excluding steroid dienone is 1. The van der Waals surface area contributed by atoms with Crippen LogP contribution in [0.2, 0.25) is 0 Å². The monoisotopic (exact) mass is 336 g/mol. The first-order chi connectivity index (χ1) is 10.6. The highest BCUT2D eigenvalue weighted by molar-refractivity contribution is 8.23. The van der Waals surface area contributed by atoms with Crippen LogP contribution in [0.4, 0.5) is 0 Å². The Labute approximate surface area is 140 Å². The van der Waals surface area contributed by atoms with Gasteiger partial charge in [-0.15, -0.1) is 11.8 Å². The number of nitrogens with zero attached hydrogens (tertiary/aromatic N) is 1. The van der Waals surface area contributed by atoms with Crippen molar-refractivity contribution in [1.82, 2.24) is 5.32 Å². The van der Waals surface area contributed by atoms with Crippen molar-refractivity contribution in [2.75, 3.05) is 19.3 Å². The fraction of sp³-hybridized carbons (Fsp3) is 0.375. The van der Waals surface area contributed by atoms with Gasteiger partial charge in [0.05, 0.1) is 10.7 Å². The number of benzene rings is 1. The van der Waals surface area contributed by atoms with Crippen LogP contribution < -0.4 is 5.32 Å². The zero-order valence-corrected chi connectivity index (χ0v) is 14.1. The second-order valence-electron chi connectivity index (χ2n) is 4.98. The minimum Gasteiger partial charge on any atom is -0.504 e. The van der Waals surface area contributed by atoms with Gasteiger partial charge in [-0.1, -0.05) is 18.3 Å². The average molecular weight is 336 g/mol. The van der Waals surface area contributed by atoms with Crippen molar-refractivity contribution in [1.29, 1.82) is 0 Å². The number of aromatic hydroxyl groups is 2. The zero-order chi connectivity index (χ0) is 15.9. The Balaban J connectivity index is 1.85. The molecule has 6 heteroatoms. The predicted molar refractivity (Wildman–Crippen MR) is 97.2 cm³/mol. The zero-order valence-electron chi connectivity index (χ0n) is 12.5. The summed E-state index contributed by atoms with van der Waals surface area (Å²) in [4.78, 5) is 4.28. The number of phenols is 2. The summed E-state index contributed by atoms with van der Waals surface area (Å²) in [6, 6.07) is 4.82. The minimum absolute atomic E-state index is 0.131. The van der Waals surface area contributed by atoms with Gasteiger partial charge in [-0.2, -0.15) is 0 Å². The van der Waals surface area contributed by atoms with E-state index in [4.69, 9.17) is 12.2 Å². The summed E-state index contributed by atoms with van der Waals surface area (Å²) in [6.07, 6.45) is 6.85. The summed E-state index contributed by atoms with van der Waals surface area (Å²) >= 11 is 6.99. The predicted octanol–water partition coefficient (Wildman–Crippen LogP) is 3.23. The van der Waals surface area contributed by atoms with Crippen molar-refractivity contribution in [2.45, 2.75) is 19.3 Å². The molecule has 22 heavy (non-hydrogen) atoms. The molecular weight excluding hydrogens is 316 g/mol. The summed E-state index contributed by atoms with van der Waals surface area (Å²) in [6.45, 7) is 1.32. The van der Waals surface area contributed by atoms with E-state index in [1.165, 1.54) is 17.3 Å². The van der Waals surface area contributed by atoms with Crippen LogP contribution in [0.5, 0.6) is 11.5 Å². The summed E-state index contributed by atoms with van der Waals surface area (Å²) in [5.41, 5.74) is 3.04. The minimum atomic E-state index is -0.134. The van der Waals surface area contributed by atoms with Crippen LogP contribution in [0.1, 0.15) is 24.8 Å². The van der Waals surface area contributed by atoms with E-state index in [2.05, 4.69) is 10.3 Å². The summed E-state index contributed by atoms with van der Waals surface area (Å²) in [7, 11) is 0. The molecule has 0 amide bonds. The molecule has 0 saturated carbocycles. The van der Waals surface area contributed by atoms with E-state index in [9.17, 15) is 10.2 Å². The summed E-state index contributed by atoms with van der Waals surface area (Å²) in [5.74, 6) is -0.265. The standard InChI is InChI=1S/C16H20N2O2S2/c1-22-16(21)12-5-3-6-13(12)18-9-8-17-10-11-4-2-7-14(19)15(11)20/h2,4,7,10,18-20H,3,5-6,8-9H2,1H3. The van der Waals surface area contributed by atoms with Crippen LogP contribution in [0.25, 0.3) is 0 Å². The van der Waals surface area contributed by atoms with Gasteiger partial charge in [0.15, 0.2) is 11.5 Å². The lowest BCUT2D eigenvalue weighted by Gasteiger charge is -2.09. The fourth-order valence-electron chi connectivity index (χ4n) is 2.37. The van der Waals surface area contributed by atoms with Gasteiger partial charge < -0.3 is 15.5 Å². The van der Waals surface area contributed by atoms with E-state index in [-0.39, 0.29) is 11.5 Å². The van der Waals surface area contributed by atoms with Crippen LogP contribution in [0, 0.1) is 0 Å². The van der Waals surface area contributed by atoms with Gasteiger partial charge in [0.25, 0.3) is 0 Å². The van der Waals surface area contributed by atoms with E-state index in [0.29, 0.717) is 12.1 Å². The van der Waals surface area contributed by atoms with E-state index in [1.807, 2.05) is 6.26 Å². The number of hydrogen-bond acceptors (Lipinski definition) is 6. The summed E-state index contributed by atoms with van der Waals surface area (Å²) < 4.78 is 0.980. The molecule has 0 atom stereocenters. The van der Waals surface area contributed by atoms with Crippen molar-refractivity contribution >= 4 is 34.4 Å². The molecule has 1 aliphatic rings. The van der Waals surface area contributed by atoms with Gasteiger partial charge in [-0.25, -0.2) is 0 Å². The lowest BCUT2D eigenvalue weighted by molar-refractivity contribution is 0.403. The van der Waals surface area contributed by atoms with Crippen molar-refractivity contribution in [3.8, 4) is 11.5 Å². The van der Waals surface area contributed by atoms with E-state index < -0.39 is 0 Å². The van der Waals surface area contributed by atoms with Crippen LogP contribution in [0.15, 0.2) is 34.5 Å². The Bertz CT molecular complexity index is 612. The third kappa shape index (κ3) is 4.24. The molecule has 2 rings (SSSR count). The maximum absolute atomic E-state index is 9.67. The summed E-state index contributed by atoms with van der Waals surface area (Å²) in [5, 5.41) is 22.5. The molecule has 1 aliphatic carbocycles. The maximum Gasteiger partial charge on any atom is 0.166 e. The number of hydrogen-bond donors (Lipinski definition) is 3. The van der Waals surface area contributed by atoms with Crippen LogP contribution in [-0.4, -0.2) is 40.0 Å². The SMILES string of the molecule is CSC(=S)C1=C(NCCN=Cc2cccc(O)c2O)CCC1. The van der Waals surface area contributed by atoms with Gasteiger partial charge >= 0.3 is 0 Å². The maximum atomic E-state index is 9.67. The van der Waals surface area contributed by atoms with Crippen LogP contribution >= 0.6 is 24.0 Å². The number of thioether (sulfide) groups is 1. The number of aliphatic imine (C=N–C) groups is 1. The van der Waals surface area contributed by atoms with Crippen molar-refractivity contribution in [3.05, 3.63) is 35.0 Å². The number of rotatable bonds is 6. The Hall–Kier alpha value is -1.53. The molecule has 4 nitrogen and oxygen atoms in total. The molecule has 0 spiro atoms. The normalized spacial score (nSPS) is 14.8. The molecule has 0 heterocycles. The molecule has 1 aromatic carbocycles. The second kappa shape index (κ2) is 8.19. The lowest BCUT2D eigenvalue weighted by Crippen LogP contribution is -2.18. The van der Waals surface area contributed by atoms with Crippen molar-refractivity contribution in [3.63, 3.8) is 0 Å². The molecule has 0 bridgehead atoms. The number of thiocarbonyl (C=S) groups is 1. The first kappa shape index (κ1) is 16.8. The first-order valence-corrected chi connectivity index (χ1v) is 8.81. The first-order valence-electron chi connectivity index (χ1n) is 7.18. The molecule has 0 radical (unpaired) electrons. The third-order valence-corrected chi connectivity index (χ3v) is 4.87. The molecule has 0 fully saturated rings. The third-order valence-electron chi connectivity index (χ3n) is 3.51. The molecular formula is C16H20N2O2S2. The van der Waals surface area contributed by atoms with Crippen LogP contribution in [0.3, 0.4) is 0 Å². The number of para-hydroxylation sites is 1. The molecule has 1 aromatic rings. The molecule has 0 aromatic heterocycles. The Morgan fingerprint density at radius 2 is 2.23 bits per heavy atom. The average Bonchev–Trinajstić information content (AvgIpc) is 2.98. The van der Waals surface area contributed by atoms with Gasteiger partial charge in [0.1, 0.15) is 0 Å². The highest BCUT2D eigenvalue weighted by Crippen LogP contribution is 2.28.